The van der Waals surface area contributed by atoms with Crippen LogP contribution < -0.4 is 4.74 Å². The van der Waals surface area contributed by atoms with Gasteiger partial charge in [0, 0.05) is 0 Å². The number of ether oxygens (including phenoxy) is 1. The zero-order valence-corrected chi connectivity index (χ0v) is 13.6. The first-order valence-electron chi connectivity index (χ1n) is 6.98. The second-order valence-electron chi connectivity index (χ2n) is 4.84. The van der Waals surface area contributed by atoms with Gasteiger partial charge in [0.05, 0.1) is 13.5 Å². The molecule has 6 nitrogen and oxygen atoms in total. The van der Waals surface area contributed by atoms with Gasteiger partial charge in [-0.2, -0.15) is 13.2 Å². The van der Waals surface area contributed by atoms with Crippen LogP contribution in [0.5, 0.6) is 5.75 Å². The number of aromatic nitrogens is 4. The summed E-state index contributed by atoms with van der Waals surface area (Å²) < 4.78 is 47.9. The Hall–Kier alpha value is -2.62. The average Bonchev–Trinajstić information content (AvgIpc) is 3.02. The number of benzene rings is 1. The summed E-state index contributed by atoms with van der Waals surface area (Å²) in [5.74, 6) is 1.12. The molecule has 0 amide bonds. The topological polar surface area (TPSA) is 73.9 Å². The Bertz CT molecular complexity index is 835. The first-order chi connectivity index (χ1) is 11.9. The normalized spacial score (nSPS) is 11.5. The molecule has 0 aliphatic rings. The minimum Gasteiger partial charge on any atom is -0.497 e. The highest BCUT2D eigenvalue weighted by atomic mass is 32.2. The number of hydrogen-bond donors (Lipinski definition) is 0. The molecule has 0 aliphatic heterocycles. The van der Waals surface area contributed by atoms with Crippen LogP contribution in [0, 0.1) is 0 Å². The molecule has 0 aliphatic carbocycles. The second kappa shape index (κ2) is 7.09. The zero-order chi connectivity index (χ0) is 17.9. The molecule has 0 radical (unpaired) electrons. The van der Waals surface area contributed by atoms with Gasteiger partial charge in [0.15, 0.2) is 5.69 Å². The van der Waals surface area contributed by atoms with Crippen LogP contribution >= 0.6 is 11.8 Å². The lowest BCUT2D eigenvalue weighted by Crippen LogP contribution is -2.08. The first-order valence-corrected chi connectivity index (χ1v) is 7.80. The molecule has 2 aromatic heterocycles. The maximum atomic E-state index is 12.4. The fraction of sp³-hybridized carbons (Fsp3) is 0.200. The summed E-state index contributed by atoms with van der Waals surface area (Å²) in [6, 6.07) is 9.44. The van der Waals surface area contributed by atoms with Crippen molar-refractivity contribution in [2.24, 2.45) is 0 Å². The molecule has 3 aromatic rings. The van der Waals surface area contributed by atoms with E-state index < -0.39 is 11.9 Å². The number of methoxy groups -OCH3 is 1. The van der Waals surface area contributed by atoms with Crippen LogP contribution in [0.3, 0.4) is 0 Å². The maximum Gasteiger partial charge on any atom is 0.435 e. The third-order valence-electron chi connectivity index (χ3n) is 3.09. The van der Waals surface area contributed by atoms with E-state index in [0.717, 1.165) is 29.1 Å². The Morgan fingerprint density at radius 3 is 2.36 bits per heavy atom. The molecular weight excluding hydrogens is 357 g/mol. The molecule has 0 fully saturated rings. The van der Waals surface area contributed by atoms with Crippen molar-refractivity contribution in [2.75, 3.05) is 7.11 Å². The molecule has 0 N–H and O–H groups in total. The monoisotopic (exact) mass is 368 g/mol. The Balaban J connectivity index is 1.65. The summed E-state index contributed by atoms with van der Waals surface area (Å²) in [4.78, 5) is 0. The van der Waals surface area contributed by atoms with Gasteiger partial charge in [0.2, 0.25) is 5.89 Å². The van der Waals surface area contributed by atoms with Gasteiger partial charge in [-0.25, -0.2) is 0 Å². The number of rotatable bonds is 5. The molecule has 0 saturated carbocycles. The van der Waals surface area contributed by atoms with Crippen molar-refractivity contribution in [1.29, 1.82) is 0 Å². The smallest absolute Gasteiger partial charge is 0.435 e. The van der Waals surface area contributed by atoms with Gasteiger partial charge in [-0.15, -0.1) is 20.4 Å². The Morgan fingerprint density at radius 2 is 1.76 bits per heavy atom. The van der Waals surface area contributed by atoms with Crippen molar-refractivity contribution in [1.82, 2.24) is 20.4 Å². The molecule has 0 bridgehead atoms. The Kier molecular flexibility index (Phi) is 4.88. The maximum absolute atomic E-state index is 12.4. The lowest BCUT2D eigenvalue weighted by Gasteiger charge is -2.03. The largest absolute Gasteiger partial charge is 0.497 e. The Morgan fingerprint density at radius 1 is 1.00 bits per heavy atom. The summed E-state index contributed by atoms with van der Waals surface area (Å²) in [5.41, 5.74) is -0.0992. The van der Waals surface area contributed by atoms with Crippen molar-refractivity contribution in [3.8, 4) is 5.75 Å². The first kappa shape index (κ1) is 17.2. The highest BCUT2D eigenvalue weighted by Gasteiger charge is 2.32. The van der Waals surface area contributed by atoms with Crippen LogP contribution in [0.1, 0.15) is 17.1 Å². The molecular formula is C15H11F3N4O2S. The quantitative estimate of drug-likeness (QED) is 0.681. The van der Waals surface area contributed by atoms with Gasteiger partial charge >= 0.3 is 6.18 Å². The van der Waals surface area contributed by atoms with Gasteiger partial charge in [-0.3, -0.25) is 0 Å². The molecule has 2 heterocycles. The molecule has 1 aromatic carbocycles. The Labute approximate surface area is 144 Å². The van der Waals surface area contributed by atoms with Gasteiger partial charge in [0.25, 0.3) is 5.22 Å². The van der Waals surface area contributed by atoms with E-state index in [2.05, 4.69) is 20.4 Å². The lowest BCUT2D eigenvalue weighted by atomic mass is 10.1. The predicted molar refractivity (Wildman–Crippen MR) is 81.3 cm³/mol. The highest BCUT2D eigenvalue weighted by molar-refractivity contribution is 7.99. The van der Waals surface area contributed by atoms with Crippen LogP contribution in [0.4, 0.5) is 13.2 Å². The van der Waals surface area contributed by atoms with Crippen molar-refractivity contribution < 1.29 is 22.3 Å². The minimum atomic E-state index is -4.52. The van der Waals surface area contributed by atoms with E-state index in [1.165, 1.54) is 6.07 Å². The lowest BCUT2D eigenvalue weighted by molar-refractivity contribution is -0.141. The van der Waals surface area contributed by atoms with Crippen LogP contribution in [-0.2, 0) is 12.6 Å². The summed E-state index contributed by atoms with van der Waals surface area (Å²) >= 11 is 0.943. The fourth-order valence-electron chi connectivity index (χ4n) is 1.88. The van der Waals surface area contributed by atoms with Crippen molar-refractivity contribution in [3.05, 3.63) is 53.5 Å². The van der Waals surface area contributed by atoms with Gasteiger partial charge in [0.1, 0.15) is 10.8 Å². The van der Waals surface area contributed by atoms with Crippen molar-refractivity contribution in [3.63, 3.8) is 0 Å². The summed E-state index contributed by atoms with van der Waals surface area (Å²) in [7, 11) is 1.58. The van der Waals surface area contributed by atoms with Gasteiger partial charge < -0.3 is 9.15 Å². The van der Waals surface area contributed by atoms with E-state index in [1.54, 1.807) is 7.11 Å². The molecule has 0 unspecified atom stereocenters. The SMILES string of the molecule is COc1ccc(Cc2nnc(Sc3ccc(C(F)(F)F)nn3)o2)cc1. The molecule has 0 saturated heterocycles. The van der Waals surface area contributed by atoms with Crippen LogP contribution in [0.25, 0.3) is 0 Å². The molecule has 130 valence electrons. The van der Waals surface area contributed by atoms with E-state index in [-0.39, 0.29) is 10.2 Å². The number of alkyl halides is 3. The van der Waals surface area contributed by atoms with E-state index in [4.69, 9.17) is 9.15 Å². The van der Waals surface area contributed by atoms with Crippen LogP contribution in [0.2, 0.25) is 0 Å². The number of nitrogens with zero attached hydrogens (tertiary/aromatic N) is 4. The zero-order valence-electron chi connectivity index (χ0n) is 12.8. The highest BCUT2D eigenvalue weighted by Crippen LogP contribution is 2.29. The number of halogens is 3. The van der Waals surface area contributed by atoms with Crippen LogP contribution in [0.15, 0.2) is 51.1 Å². The van der Waals surface area contributed by atoms with E-state index in [9.17, 15) is 13.2 Å². The van der Waals surface area contributed by atoms with Crippen molar-refractivity contribution >= 4 is 11.8 Å². The predicted octanol–water partition coefficient (Wildman–Crippen LogP) is 3.63. The van der Waals surface area contributed by atoms with E-state index in [0.29, 0.717) is 12.3 Å². The second-order valence-corrected chi connectivity index (χ2v) is 5.81. The summed E-state index contributed by atoms with van der Waals surface area (Å²) in [6.07, 6.45) is -4.09. The fourth-order valence-corrected chi connectivity index (χ4v) is 2.50. The third kappa shape index (κ3) is 4.47. The van der Waals surface area contributed by atoms with Gasteiger partial charge in [-0.1, -0.05) is 12.1 Å². The summed E-state index contributed by atoms with van der Waals surface area (Å²) in [6.45, 7) is 0. The molecule has 25 heavy (non-hydrogen) atoms. The van der Waals surface area contributed by atoms with Crippen molar-refractivity contribution in [2.45, 2.75) is 22.8 Å². The molecule has 0 spiro atoms. The van der Waals surface area contributed by atoms with E-state index in [1.807, 2.05) is 24.3 Å². The molecule has 10 heteroatoms. The third-order valence-corrected chi connectivity index (χ3v) is 3.85. The number of hydrogen-bond acceptors (Lipinski definition) is 7. The molecule has 0 atom stereocenters. The van der Waals surface area contributed by atoms with E-state index >= 15 is 0 Å². The van der Waals surface area contributed by atoms with Gasteiger partial charge in [-0.05, 0) is 41.6 Å². The molecule has 3 rings (SSSR count). The summed E-state index contributed by atoms with van der Waals surface area (Å²) in [5, 5.41) is 14.8. The van der Waals surface area contributed by atoms with Crippen LogP contribution in [-0.4, -0.2) is 27.5 Å². The standard InChI is InChI=1S/C15H11F3N4O2S/c1-23-10-4-2-9(3-5-10)8-12-20-22-14(24-12)25-13-7-6-11(19-21-13)15(16,17)18/h2-7H,8H2,1H3. The minimum absolute atomic E-state index is 0.178. The average molecular weight is 368 g/mol.